The van der Waals surface area contributed by atoms with Crippen molar-refractivity contribution in [1.29, 1.82) is 0 Å². The molecule has 4 heteroatoms. The summed E-state index contributed by atoms with van der Waals surface area (Å²) < 4.78 is 10.9. The topological polar surface area (TPSA) is 52.6 Å². The maximum atomic E-state index is 12.5. The second-order valence-electron chi connectivity index (χ2n) is 10.4. The highest BCUT2D eigenvalue weighted by molar-refractivity contribution is 6.03. The summed E-state index contributed by atoms with van der Waals surface area (Å²) in [7, 11) is 0. The number of benzene rings is 1. The van der Waals surface area contributed by atoms with Gasteiger partial charge in [-0.3, -0.25) is 0 Å². The molecule has 194 valence electrons. The average molecular weight is 475 g/mol. The van der Waals surface area contributed by atoms with E-state index in [9.17, 15) is 9.59 Å². The predicted molar refractivity (Wildman–Crippen MR) is 141 cm³/mol. The van der Waals surface area contributed by atoms with Crippen LogP contribution in [0.5, 0.6) is 0 Å². The van der Waals surface area contributed by atoms with Crippen molar-refractivity contribution in [2.45, 2.75) is 118 Å². The minimum absolute atomic E-state index is 0.296. The minimum atomic E-state index is -0.442. The predicted octanol–water partition coefficient (Wildman–Crippen LogP) is 8.77. The lowest BCUT2D eigenvalue weighted by Gasteiger charge is -2.10. The second-order valence-corrected chi connectivity index (χ2v) is 10.4. The Kier molecular flexibility index (Phi) is 17.3. The van der Waals surface area contributed by atoms with Crippen LogP contribution in [0.25, 0.3) is 0 Å². The molecule has 0 heterocycles. The van der Waals surface area contributed by atoms with Gasteiger partial charge in [0, 0.05) is 0 Å². The number of carbonyl (C=O) groups is 2. The van der Waals surface area contributed by atoms with Gasteiger partial charge in [-0.15, -0.1) is 0 Å². The first-order chi connectivity index (χ1) is 16.4. The van der Waals surface area contributed by atoms with Gasteiger partial charge in [-0.2, -0.15) is 0 Å². The average Bonchev–Trinajstić information content (AvgIpc) is 2.81. The van der Waals surface area contributed by atoms with E-state index in [1.165, 1.54) is 57.8 Å². The third-order valence-corrected chi connectivity index (χ3v) is 6.18. The molecule has 0 aliphatic heterocycles. The highest BCUT2D eigenvalue weighted by Gasteiger charge is 2.18. The maximum absolute atomic E-state index is 12.5. The number of hydrogen-bond acceptors (Lipinski definition) is 4. The van der Waals surface area contributed by atoms with Crippen LogP contribution in [0.4, 0.5) is 0 Å². The van der Waals surface area contributed by atoms with Crippen LogP contribution in [0.15, 0.2) is 24.3 Å². The molecule has 0 fully saturated rings. The monoisotopic (exact) mass is 474 g/mol. The van der Waals surface area contributed by atoms with Gasteiger partial charge in [-0.05, 0) is 36.8 Å². The van der Waals surface area contributed by atoms with Gasteiger partial charge in [0.05, 0.1) is 24.3 Å². The Morgan fingerprint density at radius 2 is 0.882 bits per heavy atom. The molecule has 0 saturated carbocycles. The van der Waals surface area contributed by atoms with Gasteiger partial charge in [0.2, 0.25) is 0 Å². The lowest BCUT2D eigenvalue weighted by Crippen LogP contribution is -2.15. The summed E-state index contributed by atoms with van der Waals surface area (Å²) in [6.07, 6.45) is 16.6. The fourth-order valence-corrected chi connectivity index (χ4v) is 4.05. The molecule has 4 nitrogen and oxygen atoms in total. The molecule has 0 unspecified atom stereocenters. The molecule has 34 heavy (non-hydrogen) atoms. The number of unbranched alkanes of at least 4 members (excludes halogenated alkanes) is 10. The standard InChI is InChI=1S/C30H50O4/c1-25(2)19-13-9-7-5-6-8-11-17-23-33-29(31)27-21-15-16-22-28(27)30(32)34-24-18-12-10-14-20-26(3)4/h15-16,21-22,25-26H,5-14,17-20,23-24H2,1-4H3. The summed E-state index contributed by atoms with van der Waals surface area (Å²) in [6.45, 7) is 9.83. The first kappa shape index (κ1) is 30.2. The Labute approximate surface area is 209 Å². The molecule has 1 aromatic carbocycles. The zero-order valence-corrected chi connectivity index (χ0v) is 22.4. The molecule has 0 amide bonds. The molecule has 0 radical (unpaired) electrons. The van der Waals surface area contributed by atoms with Crippen molar-refractivity contribution < 1.29 is 19.1 Å². The smallest absolute Gasteiger partial charge is 0.339 e. The van der Waals surface area contributed by atoms with E-state index in [0.717, 1.165) is 43.9 Å². The summed E-state index contributed by atoms with van der Waals surface area (Å²) in [4.78, 5) is 25.0. The molecular weight excluding hydrogens is 424 g/mol. The normalized spacial score (nSPS) is 11.2. The van der Waals surface area contributed by atoms with Crippen LogP contribution in [0.2, 0.25) is 0 Å². The first-order valence-electron chi connectivity index (χ1n) is 13.8. The van der Waals surface area contributed by atoms with Crippen molar-refractivity contribution >= 4 is 11.9 Å². The van der Waals surface area contributed by atoms with E-state index in [1.54, 1.807) is 24.3 Å². The highest BCUT2D eigenvalue weighted by atomic mass is 16.5. The number of carbonyl (C=O) groups excluding carboxylic acids is 2. The number of hydrogen-bond donors (Lipinski definition) is 0. The van der Waals surface area contributed by atoms with Crippen LogP contribution >= 0.6 is 0 Å². The Balaban J connectivity index is 2.20. The van der Waals surface area contributed by atoms with Gasteiger partial charge in [-0.1, -0.05) is 117 Å². The number of rotatable bonds is 20. The van der Waals surface area contributed by atoms with Crippen LogP contribution in [-0.4, -0.2) is 25.2 Å². The molecule has 0 bridgehead atoms. The van der Waals surface area contributed by atoms with Gasteiger partial charge in [0.25, 0.3) is 0 Å². The summed E-state index contributed by atoms with van der Waals surface area (Å²) in [6, 6.07) is 6.79. The van der Waals surface area contributed by atoms with E-state index in [2.05, 4.69) is 27.7 Å². The summed E-state index contributed by atoms with van der Waals surface area (Å²) in [5, 5.41) is 0. The summed E-state index contributed by atoms with van der Waals surface area (Å²) in [5.41, 5.74) is 0.593. The van der Waals surface area contributed by atoms with E-state index < -0.39 is 11.9 Å². The van der Waals surface area contributed by atoms with Crippen LogP contribution in [0.3, 0.4) is 0 Å². The fourth-order valence-electron chi connectivity index (χ4n) is 4.05. The molecule has 1 aromatic rings. The SMILES string of the molecule is CC(C)CCCCCCCCCCOC(=O)c1ccccc1C(=O)OCCCCCCC(C)C. The first-order valence-corrected chi connectivity index (χ1v) is 13.8. The molecule has 0 aliphatic rings. The van der Waals surface area contributed by atoms with Gasteiger partial charge in [0.15, 0.2) is 0 Å². The van der Waals surface area contributed by atoms with E-state index in [0.29, 0.717) is 24.3 Å². The Bertz CT molecular complexity index is 666. The lowest BCUT2D eigenvalue weighted by molar-refractivity contribution is 0.0450. The molecule has 0 aliphatic carbocycles. The zero-order valence-electron chi connectivity index (χ0n) is 22.4. The van der Waals surface area contributed by atoms with Crippen molar-refractivity contribution in [2.75, 3.05) is 13.2 Å². The molecule has 0 saturated heterocycles. The van der Waals surface area contributed by atoms with Crippen LogP contribution < -0.4 is 0 Å². The Morgan fingerprint density at radius 1 is 0.559 bits per heavy atom. The van der Waals surface area contributed by atoms with Crippen molar-refractivity contribution in [1.82, 2.24) is 0 Å². The lowest BCUT2D eigenvalue weighted by atomic mass is 10.0. The van der Waals surface area contributed by atoms with Crippen molar-refractivity contribution in [2.24, 2.45) is 11.8 Å². The third-order valence-electron chi connectivity index (χ3n) is 6.18. The van der Waals surface area contributed by atoms with E-state index in [4.69, 9.17) is 9.47 Å². The van der Waals surface area contributed by atoms with Gasteiger partial charge < -0.3 is 9.47 Å². The summed E-state index contributed by atoms with van der Waals surface area (Å²) in [5.74, 6) is 0.674. The second kappa shape index (κ2) is 19.5. The zero-order chi connectivity index (χ0) is 25.0. The Hall–Kier alpha value is -1.84. The fraction of sp³-hybridized carbons (Fsp3) is 0.733. The largest absolute Gasteiger partial charge is 0.462 e. The maximum Gasteiger partial charge on any atom is 0.339 e. The van der Waals surface area contributed by atoms with Crippen molar-refractivity contribution in [3.8, 4) is 0 Å². The summed E-state index contributed by atoms with van der Waals surface area (Å²) >= 11 is 0. The van der Waals surface area contributed by atoms with Gasteiger partial charge in [-0.25, -0.2) is 9.59 Å². The Morgan fingerprint density at radius 3 is 1.24 bits per heavy atom. The molecule has 1 rings (SSSR count). The van der Waals surface area contributed by atoms with Gasteiger partial charge in [0.1, 0.15) is 0 Å². The quantitative estimate of drug-likeness (QED) is 0.140. The van der Waals surface area contributed by atoms with Gasteiger partial charge >= 0.3 is 11.9 Å². The number of esters is 2. The van der Waals surface area contributed by atoms with E-state index >= 15 is 0 Å². The molecule has 0 atom stereocenters. The van der Waals surface area contributed by atoms with Crippen LogP contribution in [0, 0.1) is 11.8 Å². The molecule has 0 aromatic heterocycles. The minimum Gasteiger partial charge on any atom is -0.462 e. The van der Waals surface area contributed by atoms with Crippen molar-refractivity contribution in [3.63, 3.8) is 0 Å². The number of ether oxygens (including phenoxy) is 2. The molecule has 0 N–H and O–H groups in total. The molecule has 0 spiro atoms. The third kappa shape index (κ3) is 15.1. The van der Waals surface area contributed by atoms with Crippen LogP contribution in [-0.2, 0) is 9.47 Å². The van der Waals surface area contributed by atoms with E-state index in [1.807, 2.05) is 0 Å². The highest BCUT2D eigenvalue weighted by Crippen LogP contribution is 2.15. The van der Waals surface area contributed by atoms with Crippen molar-refractivity contribution in [3.05, 3.63) is 35.4 Å². The molecular formula is C30H50O4. The van der Waals surface area contributed by atoms with Crippen LogP contribution in [0.1, 0.15) is 138 Å². The van der Waals surface area contributed by atoms with E-state index in [-0.39, 0.29) is 0 Å².